The van der Waals surface area contributed by atoms with E-state index in [1.54, 1.807) is 0 Å². The minimum Gasteiger partial charge on any atom is -0.314 e. The smallest absolute Gasteiger partial charge is 0.255 e. The topological polar surface area (TPSA) is 15.3 Å². The Morgan fingerprint density at radius 2 is 1.94 bits per heavy atom. The van der Waals surface area contributed by atoms with Crippen LogP contribution < -0.4 is 5.32 Å². The number of hydrogen-bond acceptors (Lipinski definition) is 2. The van der Waals surface area contributed by atoms with E-state index in [-0.39, 0.29) is 0 Å². The molecule has 2 fully saturated rings. The Bertz CT molecular complexity index is 205. The van der Waals surface area contributed by atoms with Crippen LogP contribution >= 0.6 is 0 Å². The summed E-state index contributed by atoms with van der Waals surface area (Å²) >= 11 is 0. The molecule has 0 bridgehead atoms. The Kier molecular flexibility index (Phi) is 4.53. The average molecular weight is 232 g/mol. The van der Waals surface area contributed by atoms with E-state index in [4.69, 9.17) is 0 Å². The summed E-state index contributed by atoms with van der Waals surface area (Å²) in [5, 5.41) is 3.06. The van der Waals surface area contributed by atoms with E-state index in [0.29, 0.717) is 12.5 Å². The standard InChI is InChI=1S/C12H22F2N2/c13-12(14)11-8-15-6-7-16(11)9-10-4-2-1-3-5-10/h10-12,15H,1-9H2/t11-/m1/s1. The minimum absolute atomic E-state index is 0.449. The number of rotatable bonds is 3. The first-order valence-corrected chi connectivity index (χ1v) is 6.50. The largest absolute Gasteiger partial charge is 0.314 e. The predicted molar refractivity (Wildman–Crippen MR) is 60.8 cm³/mol. The van der Waals surface area contributed by atoms with Gasteiger partial charge in [-0.05, 0) is 18.8 Å². The summed E-state index contributed by atoms with van der Waals surface area (Å²) in [6.07, 6.45) is 4.17. The molecular formula is C12H22F2N2. The molecular weight excluding hydrogens is 210 g/mol. The van der Waals surface area contributed by atoms with Crippen LogP contribution in [0.25, 0.3) is 0 Å². The summed E-state index contributed by atoms with van der Waals surface area (Å²) < 4.78 is 25.7. The quantitative estimate of drug-likeness (QED) is 0.801. The molecule has 2 rings (SSSR count). The molecule has 2 nitrogen and oxygen atoms in total. The molecule has 1 atom stereocenters. The maximum atomic E-state index is 12.8. The second-order valence-electron chi connectivity index (χ2n) is 5.10. The van der Waals surface area contributed by atoms with Crippen molar-refractivity contribution in [2.45, 2.75) is 44.6 Å². The summed E-state index contributed by atoms with van der Waals surface area (Å²) in [4.78, 5) is 2.01. The van der Waals surface area contributed by atoms with Gasteiger partial charge in [-0.25, -0.2) is 8.78 Å². The zero-order valence-corrected chi connectivity index (χ0v) is 9.80. The van der Waals surface area contributed by atoms with Crippen LogP contribution in [0, 0.1) is 5.92 Å². The van der Waals surface area contributed by atoms with Crippen LogP contribution in [0.1, 0.15) is 32.1 Å². The highest BCUT2D eigenvalue weighted by molar-refractivity contribution is 4.83. The van der Waals surface area contributed by atoms with Crippen LogP contribution in [0.15, 0.2) is 0 Å². The van der Waals surface area contributed by atoms with Crippen molar-refractivity contribution in [2.24, 2.45) is 5.92 Å². The molecule has 0 aromatic rings. The van der Waals surface area contributed by atoms with E-state index in [2.05, 4.69) is 5.32 Å². The Morgan fingerprint density at radius 3 is 2.62 bits per heavy atom. The first-order chi connectivity index (χ1) is 7.77. The molecule has 16 heavy (non-hydrogen) atoms. The fourth-order valence-electron chi connectivity index (χ4n) is 2.94. The van der Waals surface area contributed by atoms with Gasteiger partial charge in [0, 0.05) is 26.2 Å². The third-order valence-corrected chi connectivity index (χ3v) is 3.91. The molecule has 0 amide bonds. The van der Waals surface area contributed by atoms with Crippen LogP contribution in [0.2, 0.25) is 0 Å². The SMILES string of the molecule is FC(F)[C@H]1CNCCN1CC1CCCCC1. The number of piperazine rings is 1. The highest BCUT2D eigenvalue weighted by Gasteiger charge is 2.31. The van der Waals surface area contributed by atoms with Gasteiger partial charge in [0.2, 0.25) is 0 Å². The van der Waals surface area contributed by atoms with Crippen LogP contribution in [-0.2, 0) is 0 Å². The molecule has 1 aliphatic carbocycles. The van der Waals surface area contributed by atoms with Gasteiger partial charge in [0.25, 0.3) is 6.43 Å². The Labute approximate surface area is 96.4 Å². The molecule has 1 N–H and O–H groups in total. The fraction of sp³-hybridized carbons (Fsp3) is 1.00. The number of nitrogens with one attached hydrogen (secondary N) is 1. The summed E-state index contributed by atoms with van der Waals surface area (Å²) in [5.41, 5.74) is 0. The van der Waals surface area contributed by atoms with Crippen LogP contribution in [0.4, 0.5) is 8.78 Å². The number of nitrogens with zero attached hydrogens (tertiary/aromatic N) is 1. The molecule has 0 aromatic heterocycles. The maximum Gasteiger partial charge on any atom is 0.255 e. The summed E-state index contributed by atoms with van der Waals surface area (Å²) in [6, 6.07) is -0.560. The lowest BCUT2D eigenvalue weighted by Gasteiger charge is -2.38. The van der Waals surface area contributed by atoms with Gasteiger partial charge in [0.15, 0.2) is 0 Å². The van der Waals surface area contributed by atoms with Crippen LogP contribution in [0.3, 0.4) is 0 Å². The first kappa shape index (κ1) is 12.2. The van der Waals surface area contributed by atoms with Gasteiger partial charge in [-0.2, -0.15) is 0 Å². The molecule has 94 valence electrons. The zero-order chi connectivity index (χ0) is 11.4. The van der Waals surface area contributed by atoms with Gasteiger partial charge < -0.3 is 5.32 Å². The highest BCUT2D eigenvalue weighted by Crippen LogP contribution is 2.26. The monoisotopic (exact) mass is 232 g/mol. The van der Waals surface area contributed by atoms with Crippen molar-refractivity contribution in [1.82, 2.24) is 10.2 Å². The summed E-state index contributed by atoms with van der Waals surface area (Å²) in [6.45, 7) is 2.97. The fourth-order valence-corrected chi connectivity index (χ4v) is 2.94. The molecule has 1 heterocycles. The third kappa shape index (κ3) is 3.14. The number of alkyl halides is 2. The van der Waals surface area contributed by atoms with E-state index in [1.165, 1.54) is 32.1 Å². The van der Waals surface area contributed by atoms with Crippen LogP contribution in [-0.4, -0.2) is 43.5 Å². The molecule has 2 aliphatic rings. The normalized spacial score (nSPS) is 29.8. The number of hydrogen-bond donors (Lipinski definition) is 1. The van der Waals surface area contributed by atoms with E-state index in [0.717, 1.165) is 19.6 Å². The van der Waals surface area contributed by atoms with E-state index in [1.807, 2.05) is 4.90 Å². The molecule has 0 spiro atoms. The van der Waals surface area contributed by atoms with Gasteiger partial charge in [0.05, 0.1) is 6.04 Å². The van der Waals surface area contributed by atoms with Crippen LogP contribution in [0.5, 0.6) is 0 Å². The van der Waals surface area contributed by atoms with E-state index in [9.17, 15) is 8.78 Å². The second kappa shape index (κ2) is 5.92. The molecule has 0 radical (unpaired) electrons. The van der Waals surface area contributed by atoms with Gasteiger partial charge in [0.1, 0.15) is 0 Å². The summed E-state index contributed by atoms with van der Waals surface area (Å²) in [7, 11) is 0. The van der Waals surface area contributed by atoms with Crippen molar-refractivity contribution < 1.29 is 8.78 Å². The van der Waals surface area contributed by atoms with Crippen molar-refractivity contribution in [2.75, 3.05) is 26.2 Å². The lowest BCUT2D eigenvalue weighted by atomic mass is 9.88. The van der Waals surface area contributed by atoms with E-state index < -0.39 is 12.5 Å². The van der Waals surface area contributed by atoms with Gasteiger partial charge in [-0.1, -0.05) is 19.3 Å². The Balaban J connectivity index is 1.85. The van der Waals surface area contributed by atoms with Crippen molar-refractivity contribution in [3.8, 4) is 0 Å². The Hall–Kier alpha value is -0.220. The molecule has 0 aromatic carbocycles. The maximum absolute atomic E-state index is 12.8. The lowest BCUT2D eigenvalue weighted by molar-refractivity contribution is 0.00246. The van der Waals surface area contributed by atoms with Crippen molar-refractivity contribution in [3.63, 3.8) is 0 Å². The second-order valence-corrected chi connectivity index (χ2v) is 5.10. The summed E-state index contributed by atoms with van der Waals surface area (Å²) in [5.74, 6) is 0.660. The number of halogens is 2. The van der Waals surface area contributed by atoms with Gasteiger partial charge in [-0.15, -0.1) is 0 Å². The lowest BCUT2D eigenvalue weighted by Crippen LogP contribution is -2.55. The molecule has 0 unspecified atom stereocenters. The average Bonchev–Trinajstić information content (AvgIpc) is 2.31. The minimum atomic E-state index is -2.21. The van der Waals surface area contributed by atoms with Crippen molar-refractivity contribution in [1.29, 1.82) is 0 Å². The Morgan fingerprint density at radius 1 is 1.19 bits per heavy atom. The van der Waals surface area contributed by atoms with Crippen molar-refractivity contribution in [3.05, 3.63) is 0 Å². The predicted octanol–water partition coefficient (Wildman–Crippen LogP) is 2.11. The third-order valence-electron chi connectivity index (χ3n) is 3.91. The van der Waals surface area contributed by atoms with Crippen molar-refractivity contribution >= 4 is 0 Å². The first-order valence-electron chi connectivity index (χ1n) is 6.50. The van der Waals surface area contributed by atoms with E-state index >= 15 is 0 Å². The molecule has 4 heteroatoms. The zero-order valence-electron chi connectivity index (χ0n) is 9.80. The molecule has 1 aliphatic heterocycles. The van der Waals surface area contributed by atoms with Gasteiger partial charge in [-0.3, -0.25) is 4.90 Å². The van der Waals surface area contributed by atoms with Gasteiger partial charge >= 0.3 is 0 Å². The molecule has 1 saturated heterocycles. The molecule has 1 saturated carbocycles. The highest BCUT2D eigenvalue weighted by atomic mass is 19.3.